The fraction of sp³-hybridized carbons (Fsp3) is 0.857. The molecule has 6 heterocycles. The van der Waals surface area contributed by atoms with Gasteiger partial charge < -0.3 is 57.8 Å². The molecule has 3 spiro atoms. The Labute approximate surface area is 484 Å². The van der Waals surface area contributed by atoms with Gasteiger partial charge >= 0.3 is 12.2 Å². The molecular weight excluding hydrogens is 1050 g/mol. The zero-order chi connectivity index (χ0) is 58.9. The summed E-state index contributed by atoms with van der Waals surface area (Å²) < 4.78 is 64.0. The van der Waals surface area contributed by atoms with E-state index >= 15 is 4.79 Å². The van der Waals surface area contributed by atoms with E-state index in [0.717, 1.165) is 61.4 Å². The summed E-state index contributed by atoms with van der Waals surface area (Å²) in [6.07, 6.45) is 10.4. The molecule has 7 aliphatic rings. The van der Waals surface area contributed by atoms with Gasteiger partial charge in [-0.2, -0.15) is 0 Å². The van der Waals surface area contributed by atoms with Gasteiger partial charge in [0, 0.05) is 56.4 Å². The highest BCUT2D eigenvalue weighted by Crippen LogP contribution is 2.60. The van der Waals surface area contributed by atoms with Gasteiger partial charge in [0.2, 0.25) is 0 Å². The van der Waals surface area contributed by atoms with Crippen molar-refractivity contribution >= 4 is 34.6 Å². The number of alkyl carbamates (subject to hydrolysis) is 2. The summed E-state index contributed by atoms with van der Waals surface area (Å²) in [4.78, 5) is 42.5. The topological polar surface area (TPSA) is 179 Å². The summed E-state index contributed by atoms with van der Waals surface area (Å²) in [5.74, 6) is -3.55. The third-order valence-electron chi connectivity index (χ3n) is 20.6. The van der Waals surface area contributed by atoms with Crippen LogP contribution in [0.5, 0.6) is 0 Å². The summed E-state index contributed by atoms with van der Waals surface area (Å²) >= 11 is 0. The number of aliphatic hydroxyl groups is 1. The van der Waals surface area contributed by atoms with Crippen molar-refractivity contribution in [2.24, 2.45) is 29.1 Å². The van der Waals surface area contributed by atoms with Gasteiger partial charge in [0.25, 0.3) is 0 Å². The van der Waals surface area contributed by atoms with Crippen LogP contribution in [0.25, 0.3) is 0 Å². The van der Waals surface area contributed by atoms with Crippen molar-refractivity contribution in [3.63, 3.8) is 0 Å². The highest BCUT2D eigenvalue weighted by atomic mass is 28.4. The number of Topliss-reactive ketones (excluding diaryl/α,β-unsaturated/α-hetero) is 1. The van der Waals surface area contributed by atoms with Crippen LogP contribution in [0, 0.1) is 29.1 Å². The summed E-state index contributed by atoms with van der Waals surface area (Å²) in [6.45, 7) is 40.8. The van der Waals surface area contributed by atoms with Crippen LogP contribution >= 0.6 is 0 Å². The third kappa shape index (κ3) is 14.1. The number of ether oxygens (including phenoxy) is 7. The van der Waals surface area contributed by atoms with Crippen LogP contribution in [0.3, 0.4) is 0 Å². The van der Waals surface area contributed by atoms with Crippen LogP contribution in [0.1, 0.15) is 193 Å². The van der Waals surface area contributed by atoms with Crippen molar-refractivity contribution in [2.45, 2.75) is 294 Å². The molecule has 15 nitrogen and oxygen atoms in total. The van der Waals surface area contributed by atoms with Crippen molar-refractivity contribution in [2.75, 3.05) is 19.8 Å². The Bertz CT molecular complexity index is 2220. The Hall–Kier alpha value is -2.46. The predicted molar refractivity (Wildman–Crippen MR) is 317 cm³/mol. The Morgan fingerprint density at radius 1 is 0.863 bits per heavy atom. The Kier molecular flexibility index (Phi) is 20.5. The lowest BCUT2D eigenvalue weighted by molar-refractivity contribution is -0.400. The van der Waals surface area contributed by atoms with E-state index in [1.807, 2.05) is 20.8 Å². The number of amides is 2. The molecule has 6 saturated heterocycles. The minimum Gasteiger partial charge on any atom is -0.445 e. The van der Waals surface area contributed by atoms with Crippen molar-refractivity contribution in [1.29, 1.82) is 0 Å². The maximum Gasteiger partial charge on any atom is 0.408 e. The van der Waals surface area contributed by atoms with Crippen molar-refractivity contribution in [3.8, 4) is 0 Å². The van der Waals surface area contributed by atoms with E-state index in [4.69, 9.17) is 42.0 Å². The second kappa shape index (κ2) is 25.2. The van der Waals surface area contributed by atoms with Crippen molar-refractivity contribution in [1.82, 2.24) is 10.6 Å². The van der Waals surface area contributed by atoms with Crippen LogP contribution in [0.4, 0.5) is 9.59 Å². The maximum absolute atomic E-state index is 16.2. The fourth-order valence-corrected chi connectivity index (χ4v) is 19.1. The number of carbonyl (C=O) groups excluding carboxylic acids is 3. The van der Waals surface area contributed by atoms with Crippen LogP contribution in [0.2, 0.25) is 36.3 Å². The molecule has 6 aliphatic heterocycles. The average molecular weight is 1160 g/mol. The number of ketones is 1. The van der Waals surface area contributed by atoms with Gasteiger partial charge in [-0.25, -0.2) is 9.59 Å². The molecule has 6 fully saturated rings. The number of hydrogen-bond donors (Lipinski definition) is 3. The van der Waals surface area contributed by atoms with Gasteiger partial charge in [0.05, 0.1) is 37.1 Å². The fourth-order valence-electron chi connectivity index (χ4n) is 14.5. The zero-order valence-corrected chi connectivity index (χ0v) is 54.2. The van der Waals surface area contributed by atoms with Crippen LogP contribution < -0.4 is 10.6 Å². The van der Waals surface area contributed by atoms with Crippen LogP contribution in [0.15, 0.2) is 36.5 Å². The highest BCUT2D eigenvalue weighted by molar-refractivity contribution is 6.74. The van der Waals surface area contributed by atoms with E-state index in [9.17, 15) is 14.7 Å². The van der Waals surface area contributed by atoms with Gasteiger partial charge in [-0.15, -0.1) is 0 Å². The van der Waals surface area contributed by atoms with Gasteiger partial charge in [-0.3, -0.25) is 4.79 Å². The quantitative estimate of drug-likeness (QED) is 0.0926. The summed E-state index contributed by atoms with van der Waals surface area (Å²) in [6, 6.07) is 2.27. The van der Waals surface area contributed by atoms with E-state index in [1.54, 1.807) is 0 Å². The van der Waals surface area contributed by atoms with Gasteiger partial charge in [0.1, 0.15) is 29.7 Å². The minimum atomic E-state index is -2.45. The number of carbonyl (C=O) groups is 3. The summed E-state index contributed by atoms with van der Waals surface area (Å²) in [5, 5.41) is 17.0. The predicted octanol–water partition coefficient (Wildman–Crippen LogP) is 13.5. The number of hydrogen-bond acceptors (Lipinski definition) is 13. The minimum absolute atomic E-state index is 0.00730. The molecule has 3 N–H and O–H groups in total. The maximum atomic E-state index is 16.2. The van der Waals surface area contributed by atoms with E-state index < -0.39 is 87.0 Å². The SMILES string of the molecule is C=CCOC(=O)NC[C@H](C)[C@@H](C)C[C@]12CCC([C@H](CO)NC(=O)OC(C)(C)C)=C[C@@H]1[C@@H]1O[C@]3(C[C@H]4CCC[C@@]5(CC[C@@]6(O[C@@H](CC[C@@]6(C)O[Si](CC)(CC)CC)CC(=C)CCCC2=O)O5)O4)C[C@@H](C)[C@@H](O[Si](C)(C)C(C)(C)C)[C@H]1O3. The normalized spacial score (nSPS) is 36.5. The first-order valence-electron chi connectivity index (χ1n) is 31.2. The smallest absolute Gasteiger partial charge is 0.408 e. The molecule has 17 heteroatoms. The lowest BCUT2D eigenvalue weighted by Gasteiger charge is -2.55. The van der Waals surface area contributed by atoms with Crippen molar-refractivity contribution in [3.05, 3.63) is 36.5 Å². The molecule has 0 aromatic heterocycles. The van der Waals surface area contributed by atoms with E-state index in [1.165, 1.54) is 6.08 Å². The first-order chi connectivity index (χ1) is 37.4. The zero-order valence-electron chi connectivity index (χ0n) is 52.2. The number of nitrogens with one attached hydrogen (secondary N) is 2. The molecule has 2 amide bonds. The van der Waals surface area contributed by atoms with E-state index in [2.05, 4.69) is 112 Å². The molecule has 1 aliphatic carbocycles. The molecule has 456 valence electrons. The molecule has 80 heavy (non-hydrogen) atoms. The molecule has 0 saturated carbocycles. The van der Waals surface area contributed by atoms with Gasteiger partial charge in [-0.1, -0.05) is 93.2 Å². The molecule has 0 unspecified atom stereocenters. The summed E-state index contributed by atoms with van der Waals surface area (Å²) in [7, 11) is -4.59. The molecule has 7 bridgehead atoms. The standard InChI is InChI=1S/C63H108N2O13Si2/c1-18-34-70-55(68)64-40-45(8)43(6)37-60-31-27-46(50(41-66)65-56(69)75-57(9,10)11)36-49(60)53-54-52(76-79(16,17)58(12,13)14)44(7)38-62(73-53,74-54)39-48-25-23-29-61(71-48)32-33-63(77-61)59(15,78-80(19-2,20-3)21-4)30-28-47(72-63)35-42(5)24-22-26-51(60)67/h18,36,43-45,47-50,52-54,66H,1,5,19-35,37-41H2,2-4,6-17H3,(H,64,68)(H,65,69)/t43-,44+,45-,47-,48+,49+,50-,52+,53-,54+,59+,60+,61+,62+,63+/m0/s1. The van der Waals surface area contributed by atoms with E-state index in [0.29, 0.717) is 77.2 Å². The first-order valence-corrected chi connectivity index (χ1v) is 36.6. The Balaban J connectivity index is 1.36. The number of aliphatic hydroxyl groups excluding tert-OH is 1. The van der Waals surface area contributed by atoms with Crippen LogP contribution in [-0.2, 0) is 46.8 Å². The third-order valence-corrected chi connectivity index (χ3v) is 29.8. The first kappa shape index (κ1) is 65.1. The second-order valence-electron chi connectivity index (χ2n) is 28.5. The molecule has 15 atom stereocenters. The Morgan fingerprint density at radius 2 is 1.56 bits per heavy atom. The second-order valence-corrected chi connectivity index (χ2v) is 38.0. The van der Waals surface area contributed by atoms with Gasteiger partial charge in [0.15, 0.2) is 34.0 Å². The summed E-state index contributed by atoms with van der Waals surface area (Å²) in [5.41, 5.74) is -0.588. The van der Waals surface area contributed by atoms with Crippen molar-refractivity contribution < 1.29 is 61.5 Å². The number of rotatable bonds is 17. The largest absolute Gasteiger partial charge is 0.445 e. The molecule has 0 radical (unpaired) electrons. The van der Waals surface area contributed by atoms with E-state index in [-0.39, 0.29) is 60.1 Å². The lowest BCUT2D eigenvalue weighted by Crippen LogP contribution is -2.65. The average Bonchev–Trinajstić information content (AvgIpc) is 4.01. The van der Waals surface area contributed by atoms with Crippen LogP contribution in [-0.4, -0.2) is 125 Å². The van der Waals surface area contributed by atoms with Gasteiger partial charge in [-0.05, 0) is 151 Å². The molecule has 0 aromatic carbocycles. The molecule has 0 aromatic rings. The molecular formula is C63H108N2O13Si2. The monoisotopic (exact) mass is 1160 g/mol. The molecule has 7 rings (SSSR count). The Morgan fingerprint density at radius 3 is 2.21 bits per heavy atom. The number of fused-ring (bicyclic) bond motifs is 7. The lowest BCUT2D eigenvalue weighted by atomic mass is 9.57. The highest BCUT2D eigenvalue weighted by Gasteiger charge is 2.68.